The van der Waals surface area contributed by atoms with Crippen LogP contribution in [0.25, 0.3) is 0 Å². The molecule has 5 N–H and O–H groups in total. The lowest BCUT2D eigenvalue weighted by Gasteiger charge is -2.11. The molecule has 6 nitrogen and oxygen atoms in total. The van der Waals surface area contributed by atoms with Crippen LogP contribution in [0, 0.1) is 0 Å². The standard InChI is InChI=1S/C14H20N2O4S/c1-21-7-6-11(15)14(19)20-10-4-2-9(3-5-10)8-12(16)13(17)18/h2-5,11-12H,6-8,15-16H2,1H3,(H,17,18)/t11-,12-/m0/s1. The van der Waals surface area contributed by atoms with Gasteiger partial charge in [-0.3, -0.25) is 4.79 Å². The molecule has 0 bridgehead atoms. The summed E-state index contributed by atoms with van der Waals surface area (Å²) in [4.78, 5) is 22.4. The Bertz CT molecular complexity index is 478. The Morgan fingerprint density at radius 1 is 1.24 bits per heavy atom. The molecule has 1 aromatic rings. The number of carbonyl (C=O) groups excluding carboxylic acids is 1. The van der Waals surface area contributed by atoms with Crippen molar-refractivity contribution in [2.45, 2.75) is 24.9 Å². The highest BCUT2D eigenvalue weighted by Crippen LogP contribution is 2.14. The normalized spacial score (nSPS) is 13.5. The Hall–Kier alpha value is -1.57. The largest absolute Gasteiger partial charge is 0.480 e. The molecule has 0 heterocycles. The van der Waals surface area contributed by atoms with Gasteiger partial charge >= 0.3 is 11.9 Å². The van der Waals surface area contributed by atoms with Crippen LogP contribution in [0.1, 0.15) is 12.0 Å². The molecule has 0 aromatic heterocycles. The summed E-state index contributed by atoms with van der Waals surface area (Å²) in [6.45, 7) is 0. The first-order valence-corrected chi connectivity index (χ1v) is 7.87. The summed E-state index contributed by atoms with van der Waals surface area (Å²) in [5.41, 5.74) is 11.9. The van der Waals surface area contributed by atoms with Crippen molar-refractivity contribution in [3.05, 3.63) is 29.8 Å². The lowest BCUT2D eigenvalue weighted by atomic mass is 10.1. The fourth-order valence-corrected chi connectivity index (χ4v) is 2.08. The Kier molecular flexibility index (Phi) is 7.21. The lowest BCUT2D eigenvalue weighted by molar-refractivity contribution is -0.138. The second-order valence-corrected chi connectivity index (χ2v) is 5.59. The monoisotopic (exact) mass is 312 g/mol. The second-order valence-electron chi connectivity index (χ2n) is 4.60. The number of benzene rings is 1. The molecule has 7 heteroatoms. The van der Waals surface area contributed by atoms with Crippen molar-refractivity contribution in [3.63, 3.8) is 0 Å². The van der Waals surface area contributed by atoms with E-state index in [1.807, 2.05) is 6.26 Å². The number of thioether (sulfide) groups is 1. The maximum absolute atomic E-state index is 11.7. The maximum atomic E-state index is 11.7. The predicted octanol–water partition coefficient (Wildman–Crippen LogP) is 0.627. The zero-order valence-corrected chi connectivity index (χ0v) is 12.6. The van der Waals surface area contributed by atoms with Crippen LogP contribution in [-0.4, -0.2) is 41.1 Å². The van der Waals surface area contributed by atoms with Gasteiger partial charge in [0.15, 0.2) is 0 Å². The third-order valence-electron chi connectivity index (χ3n) is 2.85. The van der Waals surface area contributed by atoms with E-state index in [0.29, 0.717) is 12.2 Å². The summed E-state index contributed by atoms with van der Waals surface area (Å²) >= 11 is 1.62. The molecule has 0 spiro atoms. The van der Waals surface area contributed by atoms with Crippen molar-refractivity contribution in [2.75, 3.05) is 12.0 Å². The molecule has 0 saturated carbocycles. The van der Waals surface area contributed by atoms with Crippen LogP contribution < -0.4 is 16.2 Å². The minimum atomic E-state index is -1.05. The minimum absolute atomic E-state index is 0.219. The highest BCUT2D eigenvalue weighted by molar-refractivity contribution is 7.98. The highest BCUT2D eigenvalue weighted by atomic mass is 32.2. The van der Waals surface area contributed by atoms with Crippen molar-refractivity contribution in [3.8, 4) is 5.75 Å². The SMILES string of the molecule is CSCC[C@H](N)C(=O)Oc1ccc(C[C@H](N)C(=O)O)cc1. The van der Waals surface area contributed by atoms with Gasteiger partial charge in [-0.1, -0.05) is 12.1 Å². The Balaban J connectivity index is 2.54. The number of ether oxygens (including phenoxy) is 1. The molecule has 0 aliphatic rings. The summed E-state index contributed by atoms with van der Waals surface area (Å²) in [7, 11) is 0. The molecular formula is C14H20N2O4S. The van der Waals surface area contributed by atoms with Gasteiger partial charge in [0.25, 0.3) is 0 Å². The molecule has 1 aromatic carbocycles. The van der Waals surface area contributed by atoms with Gasteiger partial charge in [-0.25, -0.2) is 4.79 Å². The number of hydrogen-bond donors (Lipinski definition) is 3. The average Bonchev–Trinajstić information content (AvgIpc) is 2.46. The number of rotatable bonds is 8. The number of carboxylic acids is 1. The van der Waals surface area contributed by atoms with Crippen LogP contribution >= 0.6 is 11.8 Å². The fraction of sp³-hybridized carbons (Fsp3) is 0.429. The van der Waals surface area contributed by atoms with Gasteiger partial charge in [0.1, 0.15) is 17.8 Å². The third kappa shape index (κ3) is 6.16. The van der Waals surface area contributed by atoms with E-state index in [1.165, 1.54) is 0 Å². The second kappa shape index (κ2) is 8.66. The van der Waals surface area contributed by atoms with Crippen molar-refractivity contribution in [1.82, 2.24) is 0 Å². The van der Waals surface area contributed by atoms with Crippen LogP contribution in [0.4, 0.5) is 0 Å². The van der Waals surface area contributed by atoms with Gasteiger partial charge in [-0.05, 0) is 42.5 Å². The number of aliphatic carboxylic acids is 1. The van der Waals surface area contributed by atoms with E-state index in [4.69, 9.17) is 21.3 Å². The number of nitrogens with two attached hydrogens (primary N) is 2. The van der Waals surface area contributed by atoms with Gasteiger partial charge in [0, 0.05) is 0 Å². The van der Waals surface area contributed by atoms with Gasteiger partial charge in [0.05, 0.1) is 0 Å². The van der Waals surface area contributed by atoms with E-state index < -0.39 is 24.0 Å². The summed E-state index contributed by atoms with van der Waals surface area (Å²) in [5.74, 6) is -0.348. The third-order valence-corrected chi connectivity index (χ3v) is 3.49. The lowest BCUT2D eigenvalue weighted by Crippen LogP contribution is -2.34. The summed E-state index contributed by atoms with van der Waals surface area (Å²) < 4.78 is 5.16. The fourth-order valence-electron chi connectivity index (χ4n) is 1.59. The van der Waals surface area contributed by atoms with E-state index in [2.05, 4.69) is 0 Å². The predicted molar refractivity (Wildman–Crippen MR) is 82.4 cm³/mol. The van der Waals surface area contributed by atoms with E-state index in [0.717, 1.165) is 11.3 Å². The zero-order valence-electron chi connectivity index (χ0n) is 11.8. The quantitative estimate of drug-likeness (QED) is 0.476. The molecule has 0 radical (unpaired) electrons. The first-order valence-electron chi connectivity index (χ1n) is 6.47. The summed E-state index contributed by atoms with van der Waals surface area (Å²) in [6.07, 6.45) is 2.72. The molecule has 0 saturated heterocycles. The van der Waals surface area contributed by atoms with Crippen molar-refractivity contribution in [1.29, 1.82) is 0 Å². The molecule has 0 unspecified atom stereocenters. The Morgan fingerprint density at radius 2 is 1.86 bits per heavy atom. The van der Waals surface area contributed by atoms with Gasteiger partial charge in [0.2, 0.25) is 0 Å². The molecule has 0 aliphatic heterocycles. The highest BCUT2D eigenvalue weighted by Gasteiger charge is 2.16. The molecule has 21 heavy (non-hydrogen) atoms. The van der Waals surface area contributed by atoms with Gasteiger partial charge in [-0.2, -0.15) is 11.8 Å². The van der Waals surface area contributed by atoms with Crippen LogP contribution in [0.3, 0.4) is 0 Å². The molecule has 0 fully saturated rings. The van der Waals surface area contributed by atoms with Gasteiger partial charge < -0.3 is 21.3 Å². The van der Waals surface area contributed by atoms with Crippen LogP contribution in [0.2, 0.25) is 0 Å². The molecule has 1 rings (SSSR count). The van der Waals surface area contributed by atoms with Crippen molar-refractivity contribution in [2.24, 2.45) is 11.5 Å². The van der Waals surface area contributed by atoms with Crippen LogP contribution in [0.5, 0.6) is 5.75 Å². The Labute approximate surface area is 127 Å². The number of carboxylic acid groups (broad SMARTS) is 1. The summed E-state index contributed by atoms with van der Waals surface area (Å²) in [5, 5.41) is 8.74. The van der Waals surface area contributed by atoms with Gasteiger partial charge in [-0.15, -0.1) is 0 Å². The van der Waals surface area contributed by atoms with E-state index in [-0.39, 0.29) is 6.42 Å². The maximum Gasteiger partial charge on any atom is 0.328 e. The molecule has 116 valence electrons. The first kappa shape index (κ1) is 17.5. The van der Waals surface area contributed by atoms with E-state index in [9.17, 15) is 9.59 Å². The van der Waals surface area contributed by atoms with Crippen LogP contribution in [-0.2, 0) is 16.0 Å². The van der Waals surface area contributed by atoms with Crippen molar-refractivity contribution >= 4 is 23.7 Å². The van der Waals surface area contributed by atoms with Crippen LogP contribution in [0.15, 0.2) is 24.3 Å². The smallest absolute Gasteiger partial charge is 0.328 e. The average molecular weight is 312 g/mol. The molecule has 0 aliphatic carbocycles. The molecular weight excluding hydrogens is 292 g/mol. The first-order chi connectivity index (χ1) is 9.93. The molecule has 0 amide bonds. The zero-order chi connectivity index (χ0) is 15.8. The van der Waals surface area contributed by atoms with Crippen molar-refractivity contribution < 1.29 is 19.4 Å². The summed E-state index contributed by atoms with van der Waals surface area (Å²) in [6, 6.07) is 4.97. The minimum Gasteiger partial charge on any atom is -0.480 e. The van der Waals surface area contributed by atoms with E-state index >= 15 is 0 Å². The number of hydrogen-bond acceptors (Lipinski definition) is 6. The molecule has 2 atom stereocenters. The number of esters is 1. The topological polar surface area (TPSA) is 116 Å². The Morgan fingerprint density at radius 3 is 2.38 bits per heavy atom. The number of carbonyl (C=O) groups is 2. The van der Waals surface area contributed by atoms with E-state index in [1.54, 1.807) is 36.0 Å².